The largest absolute Gasteiger partial charge is 0.392 e. The average Bonchev–Trinajstić information content (AvgIpc) is 3.30. The lowest BCUT2D eigenvalue weighted by Gasteiger charge is -2.20. The fourth-order valence-corrected chi connectivity index (χ4v) is 3.40. The molecule has 0 saturated carbocycles. The fourth-order valence-electron chi connectivity index (χ4n) is 3.40. The zero-order valence-corrected chi connectivity index (χ0v) is 14.4. The average molecular weight is 351 g/mol. The van der Waals surface area contributed by atoms with Crippen LogP contribution in [0.3, 0.4) is 0 Å². The molecule has 0 amide bonds. The van der Waals surface area contributed by atoms with Crippen LogP contribution in [-0.2, 0) is 6.42 Å². The summed E-state index contributed by atoms with van der Waals surface area (Å²) in [5, 5.41) is 14.1. The first-order valence-electron chi connectivity index (χ1n) is 8.85. The zero-order valence-electron chi connectivity index (χ0n) is 14.4. The van der Waals surface area contributed by atoms with Gasteiger partial charge in [-0.1, -0.05) is 35.5 Å². The number of hydrogen-bond acceptors (Lipinski definition) is 7. The van der Waals surface area contributed by atoms with E-state index in [9.17, 15) is 5.11 Å². The highest BCUT2D eigenvalue weighted by atomic mass is 16.5. The Bertz CT molecular complexity index is 824. The Morgan fingerprint density at radius 3 is 2.88 bits per heavy atom. The lowest BCUT2D eigenvalue weighted by molar-refractivity contribution is 0.172. The number of nitrogens with zero attached hydrogens (tertiary/aromatic N) is 5. The molecule has 2 aromatic heterocycles. The van der Waals surface area contributed by atoms with Gasteiger partial charge < -0.3 is 9.63 Å². The number of aliphatic hydroxyl groups excluding tert-OH is 1. The number of likely N-dealkylation sites (tertiary alicyclic amines) is 1. The van der Waals surface area contributed by atoms with Crippen LogP contribution < -0.4 is 0 Å². The van der Waals surface area contributed by atoms with Crippen molar-refractivity contribution < 1.29 is 9.63 Å². The smallest absolute Gasteiger partial charge is 0.244 e. The summed E-state index contributed by atoms with van der Waals surface area (Å²) in [6.45, 7) is 1.50. The van der Waals surface area contributed by atoms with Crippen molar-refractivity contribution in [2.45, 2.75) is 31.4 Å². The number of aliphatic hydroxyl groups is 1. The van der Waals surface area contributed by atoms with Crippen LogP contribution in [0.4, 0.5) is 0 Å². The molecule has 7 nitrogen and oxygen atoms in total. The summed E-state index contributed by atoms with van der Waals surface area (Å²) >= 11 is 0. The van der Waals surface area contributed by atoms with Gasteiger partial charge in [0.2, 0.25) is 11.7 Å². The molecule has 1 fully saturated rings. The first-order valence-corrected chi connectivity index (χ1v) is 8.85. The Balaban J connectivity index is 1.42. The molecule has 3 heterocycles. The molecule has 1 N–H and O–H groups in total. The minimum Gasteiger partial charge on any atom is -0.392 e. The zero-order chi connectivity index (χ0) is 17.8. The summed E-state index contributed by atoms with van der Waals surface area (Å²) in [7, 11) is 0. The lowest BCUT2D eigenvalue weighted by atomic mass is 10.1. The third kappa shape index (κ3) is 3.79. The third-order valence-corrected chi connectivity index (χ3v) is 4.65. The molecule has 7 heteroatoms. The molecular formula is C19H21N5O2. The Morgan fingerprint density at radius 2 is 2.08 bits per heavy atom. The number of rotatable bonds is 6. The van der Waals surface area contributed by atoms with E-state index in [0.717, 1.165) is 19.4 Å². The van der Waals surface area contributed by atoms with Gasteiger partial charge in [-0.05, 0) is 31.4 Å². The van der Waals surface area contributed by atoms with Gasteiger partial charge in [-0.25, -0.2) is 4.98 Å². The summed E-state index contributed by atoms with van der Waals surface area (Å²) in [5.74, 6) is 0.959. The van der Waals surface area contributed by atoms with Crippen LogP contribution in [0.15, 0.2) is 53.4 Å². The Hall–Kier alpha value is -2.64. The molecule has 0 bridgehead atoms. The molecule has 1 saturated heterocycles. The molecule has 1 aromatic carbocycles. The van der Waals surface area contributed by atoms with Gasteiger partial charge in [-0.2, -0.15) is 4.98 Å². The maximum absolute atomic E-state index is 10.1. The van der Waals surface area contributed by atoms with Gasteiger partial charge in [-0.15, -0.1) is 0 Å². The van der Waals surface area contributed by atoms with Gasteiger partial charge >= 0.3 is 0 Å². The van der Waals surface area contributed by atoms with Crippen molar-refractivity contribution in [3.8, 4) is 11.5 Å². The maximum atomic E-state index is 10.1. The molecule has 4 rings (SSSR count). The van der Waals surface area contributed by atoms with E-state index in [1.54, 1.807) is 18.6 Å². The highest BCUT2D eigenvalue weighted by Gasteiger charge is 2.35. The van der Waals surface area contributed by atoms with E-state index in [4.69, 9.17) is 4.52 Å². The van der Waals surface area contributed by atoms with Crippen LogP contribution in [0.5, 0.6) is 0 Å². The van der Waals surface area contributed by atoms with Gasteiger partial charge in [0.1, 0.15) is 5.69 Å². The van der Waals surface area contributed by atoms with Crippen molar-refractivity contribution in [2.75, 3.05) is 13.1 Å². The summed E-state index contributed by atoms with van der Waals surface area (Å²) < 4.78 is 5.46. The maximum Gasteiger partial charge on any atom is 0.244 e. The lowest BCUT2D eigenvalue weighted by Crippen LogP contribution is -2.26. The predicted octanol–water partition coefficient (Wildman–Crippen LogP) is 2.27. The summed E-state index contributed by atoms with van der Waals surface area (Å²) in [5.41, 5.74) is 1.91. The van der Waals surface area contributed by atoms with Crippen molar-refractivity contribution >= 4 is 0 Å². The number of hydrogen-bond donors (Lipinski definition) is 1. The van der Waals surface area contributed by atoms with Gasteiger partial charge in [0.05, 0.1) is 18.3 Å². The van der Waals surface area contributed by atoms with E-state index < -0.39 is 0 Å². The molecule has 0 radical (unpaired) electrons. The third-order valence-electron chi connectivity index (χ3n) is 4.65. The minimum atomic E-state index is -0.372. The molecule has 26 heavy (non-hydrogen) atoms. The van der Waals surface area contributed by atoms with E-state index in [1.165, 1.54) is 5.56 Å². The molecule has 2 atom stereocenters. The normalized spacial score (nSPS) is 20.5. The van der Waals surface area contributed by atoms with Crippen LogP contribution in [0, 0.1) is 0 Å². The highest BCUT2D eigenvalue weighted by molar-refractivity contribution is 5.45. The van der Waals surface area contributed by atoms with Crippen molar-refractivity contribution in [3.63, 3.8) is 0 Å². The molecule has 0 unspecified atom stereocenters. The Morgan fingerprint density at radius 1 is 1.19 bits per heavy atom. The van der Waals surface area contributed by atoms with Gasteiger partial charge in [0, 0.05) is 18.9 Å². The number of β-amino-alcohol motifs (C(OH)–C–C–N with tert-alkyl or cyclic N) is 1. The van der Waals surface area contributed by atoms with Crippen molar-refractivity contribution in [3.05, 3.63) is 60.4 Å². The van der Waals surface area contributed by atoms with Crippen molar-refractivity contribution in [1.82, 2.24) is 25.0 Å². The first-order chi connectivity index (χ1) is 12.8. The van der Waals surface area contributed by atoms with E-state index in [0.29, 0.717) is 30.4 Å². The quantitative estimate of drug-likeness (QED) is 0.729. The van der Waals surface area contributed by atoms with Crippen LogP contribution in [0.2, 0.25) is 0 Å². The number of benzene rings is 1. The molecule has 3 aromatic rings. The van der Waals surface area contributed by atoms with E-state index in [1.807, 2.05) is 6.07 Å². The van der Waals surface area contributed by atoms with Crippen LogP contribution in [0.25, 0.3) is 11.5 Å². The topological polar surface area (TPSA) is 88.2 Å². The summed E-state index contributed by atoms with van der Waals surface area (Å²) in [4.78, 5) is 14.9. The molecule has 134 valence electrons. The first kappa shape index (κ1) is 16.8. The number of aromatic nitrogens is 4. The van der Waals surface area contributed by atoms with Crippen molar-refractivity contribution in [2.24, 2.45) is 0 Å². The van der Waals surface area contributed by atoms with E-state index >= 15 is 0 Å². The predicted molar refractivity (Wildman–Crippen MR) is 95.0 cm³/mol. The monoisotopic (exact) mass is 351 g/mol. The van der Waals surface area contributed by atoms with Crippen LogP contribution in [0.1, 0.15) is 30.3 Å². The molecule has 0 spiro atoms. The van der Waals surface area contributed by atoms with E-state index in [-0.39, 0.29) is 12.1 Å². The summed E-state index contributed by atoms with van der Waals surface area (Å²) in [6.07, 6.45) is 7.06. The Kier molecular flexibility index (Phi) is 4.99. The van der Waals surface area contributed by atoms with Crippen LogP contribution in [-0.4, -0.2) is 49.3 Å². The molecular weight excluding hydrogens is 330 g/mol. The highest BCUT2D eigenvalue weighted by Crippen LogP contribution is 2.32. The standard InChI is InChI=1S/C19H21N5O2/c25-15-11-17(19-22-18(23-26-19)16-12-20-8-9-21-16)24(13-15)10-4-7-14-5-2-1-3-6-14/h1-3,5-6,8-9,12,15,17,25H,4,7,10-11,13H2/t15-,17+/m1/s1. The summed E-state index contributed by atoms with van der Waals surface area (Å²) in [6, 6.07) is 10.4. The SMILES string of the molecule is O[C@@H]1C[C@@H](c2nc(-c3cnccn3)no2)N(CCCc2ccccc2)C1. The van der Waals surface area contributed by atoms with Gasteiger partial charge in [0.15, 0.2) is 0 Å². The van der Waals surface area contributed by atoms with Gasteiger partial charge in [0.25, 0.3) is 0 Å². The van der Waals surface area contributed by atoms with Gasteiger partial charge in [-0.3, -0.25) is 9.88 Å². The molecule has 1 aliphatic rings. The second kappa shape index (κ2) is 7.72. The fraction of sp³-hybridized carbons (Fsp3) is 0.368. The molecule has 1 aliphatic heterocycles. The molecule has 0 aliphatic carbocycles. The minimum absolute atomic E-state index is 0.0568. The van der Waals surface area contributed by atoms with Crippen molar-refractivity contribution in [1.29, 1.82) is 0 Å². The second-order valence-electron chi connectivity index (χ2n) is 6.54. The van der Waals surface area contributed by atoms with Crippen LogP contribution >= 0.6 is 0 Å². The van der Waals surface area contributed by atoms with E-state index in [2.05, 4.69) is 49.3 Å². The number of aryl methyl sites for hydroxylation is 1. The Labute approximate surface area is 151 Å². The second-order valence-corrected chi connectivity index (χ2v) is 6.54.